The first-order valence-electron chi connectivity index (χ1n) is 4.76. The van der Waals surface area contributed by atoms with E-state index in [0.29, 0.717) is 12.3 Å². The number of aldehydes is 1. The lowest BCUT2D eigenvalue weighted by Gasteiger charge is -2.40. The number of hydrogen-bond donors (Lipinski definition) is 1. The topological polar surface area (TPSA) is 37.3 Å². The third-order valence-corrected chi connectivity index (χ3v) is 3.41. The Morgan fingerprint density at radius 1 is 1.58 bits per heavy atom. The van der Waals surface area contributed by atoms with E-state index in [1.54, 1.807) is 0 Å². The molecule has 1 fully saturated rings. The van der Waals surface area contributed by atoms with Crippen LogP contribution in [-0.2, 0) is 4.79 Å². The highest BCUT2D eigenvalue weighted by atomic mass is 16.3. The molecule has 0 saturated heterocycles. The van der Waals surface area contributed by atoms with Crippen molar-refractivity contribution in [2.75, 3.05) is 0 Å². The summed E-state index contributed by atoms with van der Waals surface area (Å²) >= 11 is 0. The van der Waals surface area contributed by atoms with E-state index in [4.69, 9.17) is 0 Å². The van der Waals surface area contributed by atoms with Gasteiger partial charge in [0.25, 0.3) is 0 Å². The Labute approximate surface area is 74.0 Å². The number of carbonyl (C=O) groups is 1. The maximum absolute atomic E-state index is 10.4. The Morgan fingerprint density at radius 2 is 2.25 bits per heavy atom. The van der Waals surface area contributed by atoms with Gasteiger partial charge in [-0.1, -0.05) is 26.7 Å². The summed E-state index contributed by atoms with van der Waals surface area (Å²) in [6.45, 7) is 4.20. The Morgan fingerprint density at radius 3 is 2.83 bits per heavy atom. The van der Waals surface area contributed by atoms with Gasteiger partial charge in [-0.25, -0.2) is 0 Å². The molecule has 0 aliphatic heterocycles. The largest absolute Gasteiger partial charge is 0.389 e. The molecular formula is C10H18O2. The molecule has 70 valence electrons. The summed E-state index contributed by atoms with van der Waals surface area (Å²) in [6, 6.07) is 0. The fourth-order valence-corrected chi connectivity index (χ4v) is 2.17. The normalized spacial score (nSPS) is 42.6. The average molecular weight is 170 g/mol. The van der Waals surface area contributed by atoms with Crippen molar-refractivity contribution in [2.45, 2.75) is 45.1 Å². The Kier molecular flexibility index (Phi) is 2.89. The molecule has 2 heteroatoms. The van der Waals surface area contributed by atoms with Crippen molar-refractivity contribution in [3.8, 4) is 0 Å². The van der Waals surface area contributed by atoms with Crippen molar-refractivity contribution in [2.24, 2.45) is 11.8 Å². The third-order valence-electron chi connectivity index (χ3n) is 3.41. The van der Waals surface area contributed by atoms with E-state index >= 15 is 0 Å². The lowest BCUT2D eigenvalue weighted by Crippen LogP contribution is -2.43. The molecule has 1 aliphatic rings. The summed E-state index contributed by atoms with van der Waals surface area (Å²) in [4.78, 5) is 10.4. The summed E-state index contributed by atoms with van der Waals surface area (Å²) in [5.74, 6) is 0.806. The minimum atomic E-state index is -0.709. The Hall–Kier alpha value is -0.370. The summed E-state index contributed by atoms with van der Waals surface area (Å²) in [5, 5.41) is 10.1. The number of aliphatic hydroxyl groups is 1. The van der Waals surface area contributed by atoms with Gasteiger partial charge >= 0.3 is 0 Å². The maximum atomic E-state index is 10.4. The van der Waals surface area contributed by atoms with E-state index < -0.39 is 5.60 Å². The molecule has 0 amide bonds. The molecule has 0 aromatic rings. The van der Waals surface area contributed by atoms with Crippen molar-refractivity contribution in [3.63, 3.8) is 0 Å². The van der Waals surface area contributed by atoms with Crippen LogP contribution in [0.2, 0.25) is 0 Å². The van der Waals surface area contributed by atoms with Crippen molar-refractivity contribution >= 4 is 6.29 Å². The smallest absolute Gasteiger partial charge is 0.122 e. The fourth-order valence-electron chi connectivity index (χ4n) is 2.17. The molecule has 0 spiro atoms. The molecular weight excluding hydrogens is 152 g/mol. The van der Waals surface area contributed by atoms with Crippen molar-refractivity contribution in [3.05, 3.63) is 0 Å². The second kappa shape index (κ2) is 3.56. The summed E-state index contributed by atoms with van der Waals surface area (Å²) in [7, 11) is 0. The van der Waals surface area contributed by atoms with Gasteiger partial charge in [-0.05, 0) is 18.3 Å². The number of hydrogen-bond acceptors (Lipinski definition) is 2. The average Bonchev–Trinajstić information content (AvgIpc) is 2.01. The zero-order valence-corrected chi connectivity index (χ0v) is 7.92. The highest BCUT2D eigenvalue weighted by Crippen LogP contribution is 2.38. The minimum absolute atomic E-state index is 0.261. The molecule has 1 aliphatic carbocycles. The molecule has 0 aromatic heterocycles. The van der Waals surface area contributed by atoms with E-state index in [1.165, 1.54) is 6.42 Å². The first-order valence-corrected chi connectivity index (χ1v) is 4.76. The van der Waals surface area contributed by atoms with Gasteiger partial charge in [0, 0.05) is 6.42 Å². The first-order chi connectivity index (χ1) is 5.60. The molecule has 0 bridgehead atoms. The second-order valence-electron chi connectivity index (χ2n) is 4.13. The second-order valence-corrected chi connectivity index (χ2v) is 4.13. The van der Waals surface area contributed by atoms with Crippen LogP contribution in [0, 0.1) is 11.8 Å². The maximum Gasteiger partial charge on any atom is 0.122 e. The Bertz CT molecular complexity index is 167. The van der Waals surface area contributed by atoms with Gasteiger partial charge in [0.05, 0.1) is 5.60 Å². The molecule has 1 rings (SSSR count). The van der Waals surface area contributed by atoms with E-state index in [0.717, 1.165) is 19.1 Å². The predicted octanol–water partition coefficient (Wildman–Crippen LogP) is 1.76. The predicted molar refractivity (Wildman–Crippen MR) is 47.8 cm³/mol. The van der Waals surface area contributed by atoms with Crippen LogP contribution in [0.5, 0.6) is 0 Å². The molecule has 12 heavy (non-hydrogen) atoms. The molecule has 1 N–H and O–H groups in total. The van der Waals surface area contributed by atoms with Gasteiger partial charge in [-0.15, -0.1) is 0 Å². The van der Waals surface area contributed by atoms with E-state index in [2.05, 4.69) is 6.92 Å². The number of carbonyl (C=O) groups excluding carboxylic acids is 1. The van der Waals surface area contributed by atoms with E-state index in [-0.39, 0.29) is 5.92 Å². The van der Waals surface area contributed by atoms with E-state index in [1.807, 2.05) is 6.92 Å². The molecule has 0 aromatic carbocycles. The monoisotopic (exact) mass is 170 g/mol. The SMILES string of the molecule is CC1CCCC(O)(CC=O)C1C. The van der Waals surface area contributed by atoms with Crippen LogP contribution in [-0.4, -0.2) is 17.0 Å². The van der Waals surface area contributed by atoms with Gasteiger partial charge in [0.15, 0.2) is 0 Å². The van der Waals surface area contributed by atoms with Crippen LogP contribution < -0.4 is 0 Å². The lowest BCUT2D eigenvalue weighted by molar-refractivity contribution is -0.119. The molecule has 3 atom stereocenters. The third kappa shape index (κ3) is 1.69. The van der Waals surface area contributed by atoms with Crippen LogP contribution in [0.15, 0.2) is 0 Å². The molecule has 3 unspecified atom stereocenters. The summed E-state index contributed by atoms with van der Waals surface area (Å²) < 4.78 is 0. The standard InChI is InChI=1S/C10H18O2/c1-8-4-3-5-10(12,6-7-11)9(8)2/h7-9,12H,3-6H2,1-2H3. The molecule has 0 heterocycles. The minimum Gasteiger partial charge on any atom is -0.389 e. The van der Waals surface area contributed by atoms with Crippen LogP contribution in [0.3, 0.4) is 0 Å². The van der Waals surface area contributed by atoms with Gasteiger partial charge in [0.1, 0.15) is 6.29 Å². The quantitative estimate of drug-likeness (QED) is 0.641. The summed E-state index contributed by atoms with van der Waals surface area (Å²) in [6.07, 6.45) is 4.17. The van der Waals surface area contributed by atoms with Crippen LogP contribution in [0.4, 0.5) is 0 Å². The molecule has 1 saturated carbocycles. The van der Waals surface area contributed by atoms with Gasteiger partial charge < -0.3 is 9.90 Å². The van der Waals surface area contributed by atoms with Crippen molar-refractivity contribution < 1.29 is 9.90 Å². The number of rotatable bonds is 2. The van der Waals surface area contributed by atoms with Gasteiger partial charge in [-0.3, -0.25) is 0 Å². The van der Waals surface area contributed by atoms with Gasteiger partial charge in [0.2, 0.25) is 0 Å². The van der Waals surface area contributed by atoms with Crippen LogP contribution in [0.25, 0.3) is 0 Å². The van der Waals surface area contributed by atoms with Crippen molar-refractivity contribution in [1.29, 1.82) is 0 Å². The highest BCUT2D eigenvalue weighted by Gasteiger charge is 2.39. The van der Waals surface area contributed by atoms with E-state index in [9.17, 15) is 9.90 Å². The highest BCUT2D eigenvalue weighted by molar-refractivity contribution is 5.51. The lowest BCUT2D eigenvalue weighted by atomic mass is 9.69. The molecule has 2 nitrogen and oxygen atoms in total. The summed E-state index contributed by atoms with van der Waals surface area (Å²) in [5.41, 5.74) is -0.709. The first kappa shape index (κ1) is 9.72. The van der Waals surface area contributed by atoms with Crippen molar-refractivity contribution in [1.82, 2.24) is 0 Å². The molecule has 0 radical (unpaired) electrons. The fraction of sp³-hybridized carbons (Fsp3) is 0.900. The van der Waals surface area contributed by atoms with Crippen LogP contribution >= 0.6 is 0 Å². The zero-order valence-electron chi connectivity index (χ0n) is 7.92. The van der Waals surface area contributed by atoms with Gasteiger partial charge in [-0.2, -0.15) is 0 Å². The zero-order chi connectivity index (χ0) is 9.19. The Balaban J connectivity index is 2.66. The van der Waals surface area contributed by atoms with Crippen LogP contribution in [0.1, 0.15) is 39.5 Å².